The molecular formula is C10H9FN2O2. The van der Waals surface area contributed by atoms with Crippen LogP contribution in [0.25, 0.3) is 0 Å². The normalized spacial score (nSPS) is 14.1. The highest BCUT2D eigenvalue weighted by molar-refractivity contribution is 5.94. The summed E-state index contributed by atoms with van der Waals surface area (Å²) in [4.78, 5) is 21.2. The summed E-state index contributed by atoms with van der Waals surface area (Å²) in [6.07, 6.45) is 1.38. The largest absolute Gasteiger partial charge is 0.326 e. The molecule has 0 aliphatic carbocycles. The molecule has 2 amide bonds. The van der Waals surface area contributed by atoms with Crippen LogP contribution in [0, 0.1) is 5.82 Å². The van der Waals surface area contributed by atoms with E-state index in [9.17, 15) is 14.0 Å². The van der Waals surface area contributed by atoms with Crippen LogP contribution >= 0.6 is 0 Å². The van der Waals surface area contributed by atoms with Gasteiger partial charge in [0.1, 0.15) is 5.82 Å². The molecule has 0 saturated heterocycles. The molecular weight excluding hydrogens is 199 g/mol. The van der Waals surface area contributed by atoms with Crippen LogP contribution in [0.1, 0.15) is 12.0 Å². The Kier molecular flexibility index (Phi) is 2.37. The van der Waals surface area contributed by atoms with Gasteiger partial charge in [0.15, 0.2) is 0 Å². The summed E-state index contributed by atoms with van der Waals surface area (Å²) in [6, 6.07) is 2.76. The highest BCUT2D eigenvalue weighted by atomic mass is 19.1. The van der Waals surface area contributed by atoms with Crippen molar-refractivity contribution in [2.75, 3.05) is 10.6 Å². The molecule has 1 aromatic carbocycles. The van der Waals surface area contributed by atoms with Gasteiger partial charge in [-0.25, -0.2) is 4.39 Å². The molecule has 0 saturated carbocycles. The van der Waals surface area contributed by atoms with E-state index in [-0.39, 0.29) is 11.6 Å². The Balaban J connectivity index is 2.41. The predicted octanol–water partition coefficient (Wildman–Crippen LogP) is 1.28. The third kappa shape index (κ3) is 1.81. The van der Waals surface area contributed by atoms with E-state index in [0.29, 0.717) is 24.9 Å². The molecule has 0 fully saturated rings. The maximum Gasteiger partial charge on any atom is 0.224 e. The first kappa shape index (κ1) is 9.64. The Morgan fingerprint density at radius 1 is 1.40 bits per heavy atom. The molecule has 78 valence electrons. The minimum atomic E-state index is -0.553. The molecule has 5 heteroatoms. The zero-order chi connectivity index (χ0) is 10.8. The van der Waals surface area contributed by atoms with Gasteiger partial charge in [0.05, 0.1) is 5.69 Å². The number of halogens is 1. The summed E-state index contributed by atoms with van der Waals surface area (Å²) >= 11 is 0. The Morgan fingerprint density at radius 3 is 2.93 bits per heavy atom. The fraction of sp³-hybridized carbons (Fsp3) is 0.200. The van der Waals surface area contributed by atoms with Crippen LogP contribution in [-0.2, 0) is 16.0 Å². The van der Waals surface area contributed by atoms with Gasteiger partial charge in [0.25, 0.3) is 0 Å². The van der Waals surface area contributed by atoms with Gasteiger partial charge in [0.2, 0.25) is 12.3 Å². The van der Waals surface area contributed by atoms with Crippen molar-refractivity contribution in [1.29, 1.82) is 0 Å². The molecule has 0 bridgehead atoms. The van der Waals surface area contributed by atoms with Crippen molar-refractivity contribution < 1.29 is 14.0 Å². The highest BCUT2D eigenvalue weighted by Crippen LogP contribution is 2.28. The minimum absolute atomic E-state index is 0.113. The van der Waals surface area contributed by atoms with Gasteiger partial charge in [-0.05, 0) is 24.1 Å². The van der Waals surface area contributed by atoms with Crippen molar-refractivity contribution >= 4 is 23.7 Å². The van der Waals surface area contributed by atoms with E-state index < -0.39 is 5.82 Å². The average molecular weight is 208 g/mol. The number of hydrogen-bond acceptors (Lipinski definition) is 2. The van der Waals surface area contributed by atoms with Crippen LogP contribution in [0.4, 0.5) is 15.8 Å². The number of rotatable bonds is 2. The number of nitrogens with one attached hydrogen (secondary N) is 2. The van der Waals surface area contributed by atoms with Crippen molar-refractivity contribution in [3.63, 3.8) is 0 Å². The van der Waals surface area contributed by atoms with E-state index >= 15 is 0 Å². The monoisotopic (exact) mass is 208 g/mol. The van der Waals surface area contributed by atoms with Gasteiger partial charge in [-0.3, -0.25) is 9.59 Å². The molecule has 0 radical (unpaired) electrons. The highest BCUT2D eigenvalue weighted by Gasteiger charge is 2.17. The quantitative estimate of drug-likeness (QED) is 0.719. The van der Waals surface area contributed by atoms with Crippen LogP contribution < -0.4 is 10.6 Å². The molecule has 1 aromatic rings. The van der Waals surface area contributed by atoms with Crippen molar-refractivity contribution in [2.45, 2.75) is 12.8 Å². The van der Waals surface area contributed by atoms with Crippen LogP contribution in [0.3, 0.4) is 0 Å². The number of anilines is 2. The zero-order valence-corrected chi connectivity index (χ0v) is 7.84. The van der Waals surface area contributed by atoms with Gasteiger partial charge < -0.3 is 10.6 Å². The molecule has 1 heterocycles. The molecule has 0 aromatic heterocycles. The predicted molar refractivity (Wildman–Crippen MR) is 53.0 cm³/mol. The summed E-state index contributed by atoms with van der Waals surface area (Å²) in [7, 11) is 0. The van der Waals surface area contributed by atoms with Crippen molar-refractivity contribution in [2.24, 2.45) is 0 Å². The molecule has 2 N–H and O–H groups in total. The van der Waals surface area contributed by atoms with Crippen molar-refractivity contribution in [1.82, 2.24) is 0 Å². The van der Waals surface area contributed by atoms with Gasteiger partial charge in [-0.1, -0.05) is 0 Å². The van der Waals surface area contributed by atoms with Crippen molar-refractivity contribution in [3.8, 4) is 0 Å². The number of hydrogen-bond donors (Lipinski definition) is 2. The topological polar surface area (TPSA) is 58.2 Å². The number of aryl methyl sites for hydroxylation is 1. The molecule has 1 aliphatic heterocycles. The second-order valence-corrected chi connectivity index (χ2v) is 3.30. The fourth-order valence-corrected chi connectivity index (χ4v) is 1.58. The second kappa shape index (κ2) is 3.68. The third-order valence-electron chi connectivity index (χ3n) is 2.30. The van der Waals surface area contributed by atoms with Gasteiger partial charge in [0, 0.05) is 12.1 Å². The Morgan fingerprint density at radius 2 is 2.20 bits per heavy atom. The van der Waals surface area contributed by atoms with Gasteiger partial charge >= 0.3 is 0 Å². The van der Waals surface area contributed by atoms with E-state index in [1.165, 1.54) is 6.07 Å². The average Bonchev–Trinajstić information content (AvgIpc) is 2.20. The maximum atomic E-state index is 13.3. The lowest BCUT2D eigenvalue weighted by atomic mass is 10.0. The zero-order valence-electron chi connectivity index (χ0n) is 7.84. The van der Waals surface area contributed by atoms with E-state index in [1.54, 1.807) is 6.07 Å². The first-order chi connectivity index (χ1) is 7.20. The summed E-state index contributed by atoms with van der Waals surface area (Å²) in [5.74, 6) is -0.666. The van der Waals surface area contributed by atoms with E-state index in [4.69, 9.17) is 0 Å². The molecule has 2 rings (SSSR count). The lowest BCUT2D eigenvalue weighted by molar-refractivity contribution is -0.116. The number of benzene rings is 1. The molecule has 15 heavy (non-hydrogen) atoms. The van der Waals surface area contributed by atoms with E-state index in [2.05, 4.69) is 10.6 Å². The Bertz CT molecular complexity index is 432. The SMILES string of the molecule is O=CNc1cc2c(cc1F)NC(=O)CC2. The molecule has 0 atom stereocenters. The summed E-state index contributed by atoms with van der Waals surface area (Å²) in [5, 5.41) is 4.84. The Labute approximate surface area is 85.5 Å². The van der Waals surface area contributed by atoms with Crippen LogP contribution in [0.2, 0.25) is 0 Å². The van der Waals surface area contributed by atoms with E-state index in [0.717, 1.165) is 5.56 Å². The maximum absolute atomic E-state index is 13.3. The van der Waals surface area contributed by atoms with Crippen LogP contribution in [0.5, 0.6) is 0 Å². The molecule has 0 spiro atoms. The van der Waals surface area contributed by atoms with Crippen molar-refractivity contribution in [3.05, 3.63) is 23.5 Å². The number of amides is 2. The summed E-state index contributed by atoms with van der Waals surface area (Å²) in [6.45, 7) is 0. The summed E-state index contributed by atoms with van der Waals surface area (Å²) < 4.78 is 13.3. The van der Waals surface area contributed by atoms with E-state index in [1.807, 2.05) is 0 Å². The minimum Gasteiger partial charge on any atom is -0.326 e. The fourth-order valence-electron chi connectivity index (χ4n) is 1.58. The first-order valence-electron chi connectivity index (χ1n) is 4.53. The third-order valence-corrected chi connectivity index (χ3v) is 2.30. The lowest BCUT2D eigenvalue weighted by Crippen LogP contribution is -2.19. The second-order valence-electron chi connectivity index (χ2n) is 3.30. The summed E-state index contributed by atoms with van der Waals surface area (Å²) in [5.41, 5.74) is 1.46. The smallest absolute Gasteiger partial charge is 0.224 e. The number of carbonyl (C=O) groups is 2. The first-order valence-corrected chi connectivity index (χ1v) is 4.53. The van der Waals surface area contributed by atoms with Crippen LogP contribution in [0.15, 0.2) is 12.1 Å². The standard InChI is InChI=1S/C10H9FN2O2/c11-7-4-8-6(1-2-10(15)13-8)3-9(7)12-5-14/h3-5H,1-2H2,(H,12,14)(H,13,15). The molecule has 4 nitrogen and oxygen atoms in total. The van der Waals surface area contributed by atoms with Gasteiger partial charge in [-0.15, -0.1) is 0 Å². The van der Waals surface area contributed by atoms with Gasteiger partial charge in [-0.2, -0.15) is 0 Å². The number of fused-ring (bicyclic) bond motifs is 1. The lowest BCUT2D eigenvalue weighted by Gasteiger charge is -2.17. The number of carbonyl (C=O) groups excluding carboxylic acids is 2. The van der Waals surface area contributed by atoms with Crippen LogP contribution in [-0.4, -0.2) is 12.3 Å². The Hall–Kier alpha value is -1.91. The molecule has 1 aliphatic rings. The molecule has 0 unspecified atom stereocenters.